The van der Waals surface area contributed by atoms with E-state index in [-0.39, 0.29) is 29.7 Å². The second kappa shape index (κ2) is 3.77. The van der Waals surface area contributed by atoms with E-state index in [1.54, 1.807) is 0 Å². The number of halogens is 1. The Balaban J connectivity index is 2.60. The summed E-state index contributed by atoms with van der Waals surface area (Å²) in [5.74, 6) is 0.481. The number of fused-ring (bicyclic) bond motifs is 1. The van der Waals surface area contributed by atoms with Crippen LogP contribution in [0.4, 0.5) is 0 Å². The van der Waals surface area contributed by atoms with Crippen molar-refractivity contribution >= 4 is 11.6 Å². The monoisotopic (exact) mass is 231 g/mol. The molecule has 1 aliphatic rings. The lowest BCUT2D eigenvalue weighted by Crippen LogP contribution is -2.12. The quantitative estimate of drug-likeness (QED) is 0.700. The first-order valence-electron chi connectivity index (χ1n) is 4.34. The highest BCUT2D eigenvalue weighted by Crippen LogP contribution is 2.47. The van der Waals surface area contributed by atoms with Crippen molar-refractivity contribution in [1.82, 2.24) is 0 Å². The van der Waals surface area contributed by atoms with Gasteiger partial charge in [0.25, 0.3) is 0 Å². The SMILES string of the molecule is NCC(O)c1c(O)c(Cl)cc2c1OCO2. The molecule has 1 unspecified atom stereocenters. The van der Waals surface area contributed by atoms with Crippen LogP contribution in [0.15, 0.2) is 6.07 Å². The molecular formula is C9H10ClNO4. The molecule has 1 aromatic carbocycles. The number of phenols is 1. The van der Waals surface area contributed by atoms with E-state index in [1.165, 1.54) is 6.07 Å². The maximum absolute atomic E-state index is 9.68. The highest BCUT2D eigenvalue weighted by atomic mass is 35.5. The van der Waals surface area contributed by atoms with Gasteiger partial charge in [0.2, 0.25) is 6.79 Å². The Bertz CT molecular complexity index is 396. The molecule has 0 aromatic heterocycles. The molecule has 0 saturated carbocycles. The summed E-state index contributed by atoms with van der Waals surface area (Å²) in [4.78, 5) is 0. The van der Waals surface area contributed by atoms with Crippen LogP contribution in [0.25, 0.3) is 0 Å². The fourth-order valence-corrected chi connectivity index (χ4v) is 1.65. The van der Waals surface area contributed by atoms with E-state index >= 15 is 0 Å². The third-order valence-electron chi connectivity index (χ3n) is 2.18. The van der Waals surface area contributed by atoms with Crippen LogP contribution >= 0.6 is 11.6 Å². The molecule has 1 aromatic rings. The molecule has 5 nitrogen and oxygen atoms in total. The van der Waals surface area contributed by atoms with Gasteiger partial charge in [-0.2, -0.15) is 0 Å². The van der Waals surface area contributed by atoms with E-state index in [0.29, 0.717) is 11.5 Å². The second-order valence-electron chi connectivity index (χ2n) is 3.11. The number of aromatic hydroxyl groups is 1. The molecule has 15 heavy (non-hydrogen) atoms. The van der Waals surface area contributed by atoms with Gasteiger partial charge in [0, 0.05) is 12.6 Å². The Kier molecular flexibility index (Phi) is 2.60. The number of phenolic OH excluding ortho intramolecular Hbond substituents is 1. The Hall–Kier alpha value is -1.17. The van der Waals surface area contributed by atoms with Crippen LogP contribution in [0.3, 0.4) is 0 Å². The smallest absolute Gasteiger partial charge is 0.231 e. The predicted molar refractivity (Wildman–Crippen MR) is 53.3 cm³/mol. The van der Waals surface area contributed by atoms with Gasteiger partial charge in [-0.05, 0) is 0 Å². The van der Waals surface area contributed by atoms with Gasteiger partial charge >= 0.3 is 0 Å². The minimum Gasteiger partial charge on any atom is -0.506 e. The van der Waals surface area contributed by atoms with Crippen LogP contribution in [0.2, 0.25) is 5.02 Å². The highest BCUT2D eigenvalue weighted by molar-refractivity contribution is 6.32. The Morgan fingerprint density at radius 1 is 1.53 bits per heavy atom. The summed E-state index contributed by atoms with van der Waals surface area (Å²) in [5.41, 5.74) is 5.49. The molecule has 82 valence electrons. The third-order valence-corrected chi connectivity index (χ3v) is 2.47. The zero-order valence-electron chi connectivity index (χ0n) is 7.74. The van der Waals surface area contributed by atoms with Crippen molar-refractivity contribution in [3.63, 3.8) is 0 Å². The first-order valence-corrected chi connectivity index (χ1v) is 4.72. The molecule has 0 fully saturated rings. The summed E-state index contributed by atoms with van der Waals surface area (Å²) in [6.07, 6.45) is -1.03. The van der Waals surface area contributed by atoms with Gasteiger partial charge in [-0.3, -0.25) is 0 Å². The predicted octanol–water partition coefficient (Wildman–Crippen LogP) is 0.766. The van der Waals surface area contributed by atoms with Gasteiger partial charge in [-0.15, -0.1) is 0 Å². The molecule has 6 heteroatoms. The second-order valence-corrected chi connectivity index (χ2v) is 3.51. The Morgan fingerprint density at radius 3 is 2.93 bits per heavy atom. The summed E-state index contributed by atoms with van der Waals surface area (Å²) >= 11 is 5.76. The number of hydrogen-bond acceptors (Lipinski definition) is 5. The topological polar surface area (TPSA) is 84.9 Å². The van der Waals surface area contributed by atoms with Crippen LogP contribution in [-0.4, -0.2) is 23.6 Å². The fraction of sp³-hybridized carbons (Fsp3) is 0.333. The maximum atomic E-state index is 9.68. The van der Waals surface area contributed by atoms with Crippen LogP contribution in [-0.2, 0) is 0 Å². The van der Waals surface area contributed by atoms with E-state index < -0.39 is 6.10 Å². The van der Waals surface area contributed by atoms with Gasteiger partial charge in [-0.25, -0.2) is 0 Å². The Morgan fingerprint density at radius 2 is 2.27 bits per heavy atom. The van der Waals surface area contributed by atoms with Gasteiger partial charge in [0.15, 0.2) is 11.5 Å². The van der Waals surface area contributed by atoms with Gasteiger partial charge in [0.05, 0.1) is 16.7 Å². The molecule has 0 bridgehead atoms. The van der Waals surface area contributed by atoms with E-state index in [0.717, 1.165) is 0 Å². The lowest BCUT2D eigenvalue weighted by atomic mass is 10.1. The lowest BCUT2D eigenvalue weighted by Gasteiger charge is -2.13. The summed E-state index contributed by atoms with van der Waals surface area (Å²) < 4.78 is 10.2. The number of benzene rings is 1. The first-order chi connectivity index (χ1) is 7.15. The summed E-state index contributed by atoms with van der Waals surface area (Å²) in [6.45, 7) is 0.00308. The zero-order chi connectivity index (χ0) is 11.0. The van der Waals surface area contributed by atoms with E-state index in [2.05, 4.69) is 0 Å². The van der Waals surface area contributed by atoms with Crippen LogP contribution in [0.5, 0.6) is 17.2 Å². The molecule has 1 atom stereocenters. The van der Waals surface area contributed by atoms with Crippen molar-refractivity contribution in [1.29, 1.82) is 0 Å². The van der Waals surface area contributed by atoms with Crippen molar-refractivity contribution in [2.24, 2.45) is 5.73 Å². The van der Waals surface area contributed by atoms with E-state index in [4.69, 9.17) is 26.8 Å². The maximum Gasteiger partial charge on any atom is 0.231 e. The summed E-state index contributed by atoms with van der Waals surface area (Å²) in [6, 6.07) is 1.44. The molecule has 0 aliphatic carbocycles. The van der Waals surface area contributed by atoms with Crippen molar-refractivity contribution in [2.75, 3.05) is 13.3 Å². The lowest BCUT2D eigenvalue weighted by molar-refractivity contribution is 0.159. The molecule has 1 heterocycles. The standard InChI is InChI=1S/C9H10ClNO4/c10-4-1-6-9(15-3-14-6)7(8(4)13)5(12)2-11/h1,5,12-13H,2-3,11H2. The highest BCUT2D eigenvalue weighted by Gasteiger charge is 2.27. The molecule has 2 rings (SSSR count). The molecule has 1 aliphatic heterocycles. The number of rotatable bonds is 2. The minimum atomic E-state index is -1.03. The fourth-order valence-electron chi connectivity index (χ4n) is 1.45. The molecule has 4 N–H and O–H groups in total. The van der Waals surface area contributed by atoms with Gasteiger partial charge in [-0.1, -0.05) is 11.6 Å². The van der Waals surface area contributed by atoms with E-state index in [1.807, 2.05) is 0 Å². The molecule has 0 radical (unpaired) electrons. The molecule has 0 amide bonds. The average Bonchev–Trinajstić information content (AvgIpc) is 2.66. The number of aliphatic hydroxyl groups is 1. The van der Waals surface area contributed by atoms with Crippen molar-refractivity contribution in [2.45, 2.75) is 6.10 Å². The summed E-state index contributed by atoms with van der Waals surface area (Å²) in [5, 5.41) is 19.4. The van der Waals surface area contributed by atoms with Crippen LogP contribution < -0.4 is 15.2 Å². The van der Waals surface area contributed by atoms with Crippen LogP contribution in [0, 0.1) is 0 Å². The molecule has 0 saturated heterocycles. The average molecular weight is 232 g/mol. The van der Waals surface area contributed by atoms with Crippen LogP contribution in [0.1, 0.15) is 11.7 Å². The summed E-state index contributed by atoms with van der Waals surface area (Å²) in [7, 11) is 0. The van der Waals surface area contributed by atoms with Crippen molar-refractivity contribution < 1.29 is 19.7 Å². The minimum absolute atomic E-state index is 0.0380. The number of hydrogen-bond donors (Lipinski definition) is 3. The first kappa shape index (κ1) is 10.4. The van der Waals surface area contributed by atoms with Crippen molar-refractivity contribution in [3.05, 3.63) is 16.7 Å². The number of aliphatic hydroxyl groups excluding tert-OH is 1. The largest absolute Gasteiger partial charge is 0.506 e. The number of nitrogens with two attached hydrogens (primary N) is 1. The molecular weight excluding hydrogens is 222 g/mol. The zero-order valence-corrected chi connectivity index (χ0v) is 8.49. The van der Waals surface area contributed by atoms with Crippen molar-refractivity contribution in [3.8, 4) is 17.2 Å². The van der Waals surface area contributed by atoms with Gasteiger partial charge < -0.3 is 25.4 Å². The van der Waals surface area contributed by atoms with Gasteiger partial charge in [0.1, 0.15) is 5.75 Å². The van der Waals surface area contributed by atoms with E-state index in [9.17, 15) is 10.2 Å². The third kappa shape index (κ3) is 1.58. The molecule has 0 spiro atoms. The number of ether oxygens (including phenoxy) is 2. The Labute approximate surface area is 91.0 Å². The normalized spacial score (nSPS) is 15.4.